The van der Waals surface area contributed by atoms with Crippen molar-refractivity contribution in [2.24, 2.45) is 0 Å². The van der Waals surface area contributed by atoms with E-state index in [2.05, 4.69) is 25.1 Å². The third kappa shape index (κ3) is 2.98. The molecule has 1 nitrogen and oxygen atoms in total. The fourth-order valence-corrected chi connectivity index (χ4v) is 1.38. The molecule has 0 saturated heterocycles. The van der Waals surface area contributed by atoms with E-state index in [-0.39, 0.29) is 4.70 Å². The van der Waals surface area contributed by atoms with Crippen LogP contribution < -0.4 is 0 Å². The van der Waals surface area contributed by atoms with Crippen LogP contribution in [-0.2, 0) is 17.6 Å². The van der Waals surface area contributed by atoms with E-state index in [1.165, 1.54) is 16.7 Å². The minimum atomic E-state index is 0. The molecule has 0 heterocycles. The Morgan fingerprint density at radius 1 is 1.31 bits per heavy atom. The molecule has 1 rings (SSSR count). The van der Waals surface area contributed by atoms with Crippen molar-refractivity contribution in [3.05, 3.63) is 34.9 Å². The van der Waals surface area contributed by atoms with Crippen LogP contribution in [-0.4, -0.2) is 6.29 Å². The summed E-state index contributed by atoms with van der Waals surface area (Å²) in [4.78, 5) is 10.4. The summed E-state index contributed by atoms with van der Waals surface area (Å²) in [5.74, 6) is 0. The molecule has 0 N–H and O–H groups in total. The van der Waals surface area contributed by atoms with Gasteiger partial charge in [0.25, 0.3) is 0 Å². The lowest BCUT2D eigenvalue weighted by molar-refractivity contribution is -0.107. The van der Waals surface area contributed by atoms with Gasteiger partial charge in [0, 0.05) is 6.42 Å². The van der Waals surface area contributed by atoms with Crippen molar-refractivity contribution in [2.75, 3.05) is 0 Å². The molecule has 0 spiro atoms. The van der Waals surface area contributed by atoms with E-state index in [1.54, 1.807) is 0 Å². The van der Waals surface area contributed by atoms with E-state index >= 15 is 0 Å². The molecule has 1 aromatic carbocycles. The number of hydrogen-bond acceptors (Lipinski definition) is 1. The van der Waals surface area contributed by atoms with Crippen molar-refractivity contribution in [2.45, 2.75) is 26.7 Å². The molecule has 2 heteroatoms. The van der Waals surface area contributed by atoms with Crippen LogP contribution in [0, 0.1) is 6.92 Å². The first-order chi connectivity index (χ1) is 5.77. The Labute approximate surface area is 78.1 Å². The third-order valence-electron chi connectivity index (χ3n) is 2.05. The Morgan fingerprint density at radius 3 is 2.54 bits per heavy atom. The molecule has 0 amide bonds. The van der Waals surface area contributed by atoms with E-state index < -0.39 is 0 Å². The summed E-state index contributed by atoms with van der Waals surface area (Å²) in [5.41, 5.74) is 3.68. The van der Waals surface area contributed by atoms with Gasteiger partial charge in [-0.1, -0.05) is 30.7 Å². The molecular formula is C11H15FO. The highest BCUT2D eigenvalue weighted by Crippen LogP contribution is 2.12. The largest absolute Gasteiger partial charge is 0.303 e. The van der Waals surface area contributed by atoms with Crippen LogP contribution in [0.1, 0.15) is 23.6 Å². The van der Waals surface area contributed by atoms with Gasteiger partial charge in [0.1, 0.15) is 6.29 Å². The minimum absolute atomic E-state index is 0. The van der Waals surface area contributed by atoms with Crippen molar-refractivity contribution in [3.8, 4) is 0 Å². The van der Waals surface area contributed by atoms with Crippen LogP contribution in [0.5, 0.6) is 0 Å². The van der Waals surface area contributed by atoms with Gasteiger partial charge in [0.05, 0.1) is 0 Å². The normalized spacial score (nSPS) is 9.08. The molecule has 0 aliphatic rings. The van der Waals surface area contributed by atoms with E-state index in [9.17, 15) is 4.79 Å². The Morgan fingerprint density at radius 2 is 2.00 bits per heavy atom. The van der Waals surface area contributed by atoms with Crippen molar-refractivity contribution in [1.29, 1.82) is 0 Å². The third-order valence-corrected chi connectivity index (χ3v) is 2.05. The summed E-state index contributed by atoms with van der Waals surface area (Å²) < 4.78 is 0. The van der Waals surface area contributed by atoms with Crippen LogP contribution in [0.15, 0.2) is 18.2 Å². The molecule has 72 valence electrons. The molecule has 0 aromatic heterocycles. The highest BCUT2D eigenvalue weighted by Gasteiger charge is 1.99. The zero-order valence-corrected chi connectivity index (χ0v) is 8.04. The van der Waals surface area contributed by atoms with E-state index in [1.807, 2.05) is 6.92 Å². The second-order valence-electron chi connectivity index (χ2n) is 3.00. The summed E-state index contributed by atoms with van der Waals surface area (Å²) in [6.45, 7) is 4.16. The smallest absolute Gasteiger partial charge is 0.124 e. The second-order valence-corrected chi connectivity index (χ2v) is 3.00. The van der Waals surface area contributed by atoms with E-state index in [4.69, 9.17) is 0 Å². The lowest BCUT2D eigenvalue weighted by Crippen LogP contribution is -1.94. The SMILES string of the molecule is CCc1ccc(C)cc1CC=O.F. The quantitative estimate of drug-likeness (QED) is 0.656. The highest BCUT2D eigenvalue weighted by molar-refractivity contribution is 5.56. The minimum Gasteiger partial charge on any atom is -0.303 e. The molecule has 1 aromatic rings. The summed E-state index contributed by atoms with van der Waals surface area (Å²) >= 11 is 0. The van der Waals surface area contributed by atoms with Crippen molar-refractivity contribution in [1.82, 2.24) is 0 Å². The van der Waals surface area contributed by atoms with Crippen molar-refractivity contribution >= 4 is 6.29 Å². The van der Waals surface area contributed by atoms with Crippen LogP contribution >= 0.6 is 0 Å². The second kappa shape index (κ2) is 5.46. The van der Waals surface area contributed by atoms with Crippen molar-refractivity contribution < 1.29 is 9.50 Å². The topological polar surface area (TPSA) is 17.1 Å². The fourth-order valence-electron chi connectivity index (χ4n) is 1.38. The van der Waals surface area contributed by atoms with Crippen LogP contribution in [0.3, 0.4) is 0 Å². The standard InChI is InChI=1S/C11H14O.FH/c1-3-10-5-4-9(2)8-11(10)6-7-12;/h4-5,7-8H,3,6H2,1-2H3;1H. The summed E-state index contributed by atoms with van der Waals surface area (Å²) in [7, 11) is 0. The maximum absolute atomic E-state index is 10.4. The molecule has 0 radical (unpaired) electrons. The average Bonchev–Trinajstić information content (AvgIpc) is 2.05. The number of hydrogen-bond donors (Lipinski definition) is 0. The first-order valence-corrected chi connectivity index (χ1v) is 4.30. The molecule has 0 saturated carbocycles. The number of carbonyl (C=O) groups is 1. The molecule has 0 bridgehead atoms. The fraction of sp³-hybridized carbons (Fsp3) is 0.364. The monoisotopic (exact) mass is 182 g/mol. The van der Waals surface area contributed by atoms with E-state index in [0.29, 0.717) is 6.42 Å². The molecule has 13 heavy (non-hydrogen) atoms. The van der Waals surface area contributed by atoms with Gasteiger partial charge in [0.15, 0.2) is 0 Å². The van der Waals surface area contributed by atoms with Crippen LogP contribution in [0.4, 0.5) is 4.70 Å². The Bertz CT molecular complexity index is 281. The van der Waals surface area contributed by atoms with Gasteiger partial charge in [0.2, 0.25) is 0 Å². The predicted octanol–water partition coefficient (Wildman–Crippen LogP) is 2.45. The summed E-state index contributed by atoms with van der Waals surface area (Å²) in [6.07, 6.45) is 2.52. The Balaban J connectivity index is 0.00000144. The molecule has 0 atom stereocenters. The zero-order valence-electron chi connectivity index (χ0n) is 8.04. The summed E-state index contributed by atoms with van der Waals surface area (Å²) in [6, 6.07) is 6.29. The number of halogens is 1. The predicted molar refractivity (Wildman–Crippen MR) is 52.8 cm³/mol. The maximum Gasteiger partial charge on any atom is 0.124 e. The molecule has 0 fully saturated rings. The lowest BCUT2D eigenvalue weighted by Gasteiger charge is -2.05. The first-order valence-electron chi connectivity index (χ1n) is 4.30. The number of carbonyl (C=O) groups excluding carboxylic acids is 1. The van der Waals surface area contributed by atoms with Gasteiger partial charge in [-0.3, -0.25) is 4.70 Å². The Kier molecular flexibility index (Phi) is 4.97. The molecule has 0 unspecified atom stereocenters. The maximum atomic E-state index is 10.4. The molecular weight excluding hydrogens is 167 g/mol. The van der Waals surface area contributed by atoms with Gasteiger partial charge in [-0.2, -0.15) is 0 Å². The Hall–Kier alpha value is -1.18. The van der Waals surface area contributed by atoms with Crippen LogP contribution in [0.25, 0.3) is 0 Å². The highest BCUT2D eigenvalue weighted by atomic mass is 19.0. The van der Waals surface area contributed by atoms with Gasteiger partial charge >= 0.3 is 0 Å². The van der Waals surface area contributed by atoms with E-state index in [0.717, 1.165) is 12.7 Å². The number of benzene rings is 1. The van der Waals surface area contributed by atoms with Crippen LogP contribution in [0.2, 0.25) is 0 Å². The lowest BCUT2D eigenvalue weighted by atomic mass is 10.0. The number of aldehydes is 1. The first kappa shape index (κ1) is 11.8. The molecule has 0 aliphatic heterocycles. The van der Waals surface area contributed by atoms with Crippen molar-refractivity contribution in [3.63, 3.8) is 0 Å². The van der Waals surface area contributed by atoms with Gasteiger partial charge < -0.3 is 4.79 Å². The zero-order chi connectivity index (χ0) is 8.97. The van der Waals surface area contributed by atoms with Gasteiger partial charge in [-0.15, -0.1) is 0 Å². The van der Waals surface area contributed by atoms with Gasteiger partial charge in [-0.25, -0.2) is 0 Å². The number of rotatable bonds is 3. The summed E-state index contributed by atoms with van der Waals surface area (Å²) in [5, 5.41) is 0. The number of aryl methyl sites for hydroxylation is 2. The molecule has 0 aliphatic carbocycles. The average molecular weight is 182 g/mol. The van der Waals surface area contributed by atoms with Gasteiger partial charge in [-0.05, 0) is 24.5 Å².